The van der Waals surface area contributed by atoms with Crippen LogP contribution in [0.25, 0.3) is 11.2 Å². The molecule has 0 atom stereocenters. The van der Waals surface area contributed by atoms with E-state index in [0.717, 1.165) is 31.2 Å². The highest BCUT2D eigenvalue weighted by molar-refractivity contribution is 5.84. The lowest BCUT2D eigenvalue weighted by molar-refractivity contribution is 0.126. The van der Waals surface area contributed by atoms with Gasteiger partial charge in [0.05, 0.1) is 24.3 Å². The maximum absolute atomic E-state index is 9.68. The van der Waals surface area contributed by atoms with E-state index in [1.165, 1.54) is 0 Å². The highest BCUT2D eigenvalue weighted by atomic mass is 16.3. The molecule has 1 aliphatic carbocycles. The van der Waals surface area contributed by atoms with Gasteiger partial charge in [0.15, 0.2) is 11.5 Å². The lowest BCUT2D eigenvalue weighted by atomic mass is 9.93. The first-order chi connectivity index (χ1) is 12.6. The maximum atomic E-state index is 9.68. The monoisotopic (exact) mass is 355 g/mol. The van der Waals surface area contributed by atoms with E-state index in [4.69, 9.17) is 0 Å². The number of aryl methyl sites for hydroxylation is 1. The van der Waals surface area contributed by atoms with Gasteiger partial charge in [0.25, 0.3) is 0 Å². The minimum atomic E-state index is -0.203. The number of aliphatic hydroxyl groups is 1. The number of hydrogen-bond donors (Lipinski definition) is 5. The van der Waals surface area contributed by atoms with E-state index in [-0.39, 0.29) is 18.0 Å². The number of aliphatic hydroxyl groups excluding tert-OH is 1. The Bertz CT molecular complexity index is 919. The molecule has 1 aliphatic rings. The number of aromatic nitrogens is 5. The van der Waals surface area contributed by atoms with E-state index in [1.54, 1.807) is 18.6 Å². The molecular formula is C17H21N7O2. The molecule has 0 amide bonds. The normalized spacial score (nSPS) is 20.2. The Kier molecular flexibility index (Phi) is 4.29. The predicted octanol–water partition coefficient (Wildman–Crippen LogP) is 2.22. The average molecular weight is 355 g/mol. The molecular weight excluding hydrogens is 334 g/mol. The molecule has 0 unspecified atom stereocenters. The van der Waals surface area contributed by atoms with Crippen LogP contribution in [0.3, 0.4) is 0 Å². The third-order valence-electron chi connectivity index (χ3n) is 4.66. The van der Waals surface area contributed by atoms with E-state index in [0.29, 0.717) is 28.6 Å². The number of imidazole rings is 1. The Morgan fingerprint density at radius 1 is 1.15 bits per heavy atom. The molecule has 0 aliphatic heterocycles. The molecule has 0 radical (unpaired) electrons. The van der Waals surface area contributed by atoms with E-state index in [2.05, 4.69) is 35.6 Å². The minimum absolute atomic E-state index is 0.0279. The number of rotatable bonds is 4. The topological polar surface area (TPSA) is 132 Å². The minimum Gasteiger partial charge on any atom is -0.493 e. The molecule has 3 aromatic rings. The Morgan fingerprint density at radius 2 is 1.96 bits per heavy atom. The van der Waals surface area contributed by atoms with Crippen LogP contribution in [0, 0.1) is 6.92 Å². The number of H-pyrrole nitrogens is 1. The van der Waals surface area contributed by atoms with E-state index >= 15 is 0 Å². The van der Waals surface area contributed by atoms with Crippen LogP contribution in [0.5, 0.6) is 5.88 Å². The van der Waals surface area contributed by atoms with Gasteiger partial charge in [0.1, 0.15) is 5.52 Å². The van der Waals surface area contributed by atoms with Crippen LogP contribution in [0.2, 0.25) is 0 Å². The summed E-state index contributed by atoms with van der Waals surface area (Å²) >= 11 is 0. The van der Waals surface area contributed by atoms with Crippen LogP contribution in [0.15, 0.2) is 18.6 Å². The fourth-order valence-electron chi connectivity index (χ4n) is 3.20. The highest BCUT2D eigenvalue weighted by Crippen LogP contribution is 2.27. The molecule has 9 nitrogen and oxygen atoms in total. The van der Waals surface area contributed by atoms with Crippen molar-refractivity contribution >= 4 is 28.6 Å². The third kappa shape index (κ3) is 3.38. The number of fused-ring (bicyclic) bond motifs is 1. The largest absolute Gasteiger partial charge is 0.493 e. The molecule has 26 heavy (non-hydrogen) atoms. The van der Waals surface area contributed by atoms with E-state index in [1.807, 2.05) is 6.92 Å². The number of aromatic hydroxyl groups is 1. The Labute approximate surface area is 149 Å². The van der Waals surface area contributed by atoms with Gasteiger partial charge in [0, 0.05) is 12.1 Å². The quantitative estimate of drug-likeness (QED) is 0.481. The Hall–Kier alpha value is -2.94. The van der Waals surface area contributed by atoms with Gasteiger partial charge in [0.2, 0.25) is 11.8 Å². The first-order valence-corrected chi connectivity index (χ1v) is 8.67. The van der Waals surface area contributed by atoms with E-state index in [9.17, 15) is 10.2 Å². The molecule has 0 spiro atoms. The number of pyridine rings is 1. The lowest BCUT2D eigenvalue weighted by Gasteiger charge is -2.26. The molecule has 3 heterocycles. The number of aromatic amines is 1. The molecule has 9 heteroatoms. The summed E-state index contributed by atoms with van der Waals surface area (Å²) < 4.78 is 0. The van der Waals surface area contributed by atoms with Gasteiger partial charge in [-0.25, -0.2) is 9.97 Å². The molecule has 0 aromatic carbocycles. The van der Waals surface area contributed by atoms with Gasteiger partial charge in [-0.1, -0.05) is 0 Å². The van der Waals surface area contributed by atoms with Crippen LogP contribution in [0.4, 0.5) is 17.5 Å². The summed E-state index contributed by atoms with van der Waals surface area (Å²) in [5.41, 5.74) is 2.86. The fraction of sp³-hybridized carbons (Fsp3) is 0.412. The second kappa shape index (κ2) is 6.75. The van der Waals surface area contributed by atoms with Gasteiger partial charge in [-0.15, -0.1) is 0 Å². The smallest absolute Gasteiger partial charge is 0.231 e. The SMILES string of the molecule is Cc1cc(O)ncc1Nc1nc(NC2CCC(O)CC2)c2nc[nH]c2n1. The van der Waals surface area contributed by atoms with Crippen molar-refractivity contribution in [2.45, 2.75) is 44.8 Å². The van der Waals surface area contributed by atoms with Crippen molar-refractivity contribution < 1.29 is 10.2 Å². The van der Waals surface area contributed by atoms with Crippen molar-refractivity contribution in [2.75, 3.05) is 10.6 Å². The zero-order valence-electron chi connectivity index (χ0n) is 14.4. The summed E-state index contributed by atoms with van der Waals surface area (Å²) in [4.78, 5) is 20.2. The Balaban J connectivity index is 1.62. The number of anilines is 3. The second-order valence-corrected chi connectivity index (χ2v) is 6.63. The molecule has 1 saturated carbocycles. The molecule has 0 bridgehead atoms. The van der Waals surface area contributed by atoms with Gasteiger partial charge in [-0.05, 0) is 38.2 Å². The van der Waals surface area contributed by atoms with Gasteiger partial charge >= 0.3 is 0 Å². The molecule has 4 rings (SSSR count). The molecule has 1 fully saturated rings. The average Bonchev–Trinajstić information content (AvgIpc) is 3.08. The van der Waals surface area contributed by atoms with Crippen LogP contribution in [-0.2, 0) is 0 Å². The summed E-state index contributed by atoms with van der Waals surface area (Å²) in [7, 11) is 0. The van der Waals surface area contributed by atoms with Crippen molar-refractivity contribution in [1.82, 2.24) is 24.9 Å². The number of nitrogens with one attached hydrogen (secondary N) is 3. The summed E-state index contributed by atoms with van der Waals surface area (Å²) in [5.74, 6) is 1.04. The summed E-state index contributed by atoms with van der Waals surface area (Å²) in [6, 6.07) is 1.82. The van der Waals surface area contributed by atoms with Gasteiger partial charge in [-0.2, -0.15) is 9.97 Å². The van der Waals surface area contributed by atoms with Crippen LogP contribution < -0.4 is 10.6 Å². The molecule has 3 aromatic heterocycles. The van der Waals surface area contributed by atoms with E-state index < -0.39 is 0 Å². The Morgan fingerprint density at radius 3 is 2.73 bits per heavy atom. The standard InChI is InChI=1S/C17H21N7O2/c1-9-6-13(26)18-7-12(9)22-17-23-15-14(19-8-20-15)16(24-17)21-10-2-4-11(25)5-3-10/h6-8,10-11,25H,2-5H2,1H3,(H,18,26)(H3,19,20,21,22,23,24). The summed E-state index contributed by atoms with van der Waals surface area (Å²) in [5, 5.41) is 25.7. The van der Waals surface area contributed by atoms with Crippen LogP contribution in [0.1, 0.15) is 31.2 Å². The van der Waals surface area contributed by atoms with Crippen molar-refractivity contribution in [2.24, 2.45) is 0 Å². The predicted molar refractivity (Wildman–Crippen MR) is 97.5 cm³/mol. The zero-order chi connectivity index (χ0) is 18.1. The summed E-state index contributed by atoms with van der Waals surface area (Å²) in [6.45, 7) is 1.87. The van der Waals surface area contributed by atoms with Gasteiger partial charge < -0.3 is 25.8 Å². The van der Waals surface area contributed by atoms with Crippen LogP contribution in [-0.4, -0.2) is 47.3 Å². The van der Waals surface area contributed by atoms with Crippen molar-refractivity contribution in [1.29, 1.82) is 0 Å². The van der Waals surface area contributed by atoms with Crippen molar-refractivity contribution in [3.05, 3.63) is 24.2 Å². The lowest BCUT2D eigenvalue weighted by Crippen LogP contribution is -2.28. The summed E-state index contributed by atoms with van der Waals surface area (Å²) in [6.07, 6.45) is 6.28. The number of hydrogen-bond acceptors (Lipinski definition) is 8. The highest BCUT2D eigenvalue weighted by Gasteiger charge is 2.21. The zero-order valence-corrected chi connectivity index (χ0v) is 14.4. The van der Waals surface area contributed by atoms with Gasteiger partial charge in [-0.3, -0.25) is 0 Å². The second-order valence-electron chi connectivity index (χ2n) is 6.63. The first-order valence-electron chi connectivity index (χ1n) is 8.67. The fourth-order valence-corrected chi connectivity index (χ4v) is 3.20. The maximum Gasteiger partial charge on any atom is 0.231 e. The van der Waals surface area contributed by atoms with Crippen molar-refractivity contribution in [3.8, 4) is 5.88 Å². The number of nitrogens with zero attached hydrogens (tertiary/aromatic N) is 4. The molecule has 5 N–H and O–H groups in total. The van der Waals surface area contributed by atoms with Crippen LogP contribution >= 0.6 is 0 Å². The molecule has 0 saturated heterocycles. The third-order valence-corrected chi connectivity index (χ3v) is 4.66. The molecule has 136 valence electrons. The first kappa shape index (κ1) is 16.5. The van der Waals surface area contributed by atoms with Crippen molar-refractivity contribution in [3.63, 3.8) is 0 Å².